The minimum atomic E-state index is -2.65. The van der Waals surface area contributed by atoms with E-state index in [9.17, 15) is 23.7 Å². The Hall–Kier alpha value is -3.08. The molecule has 0 bridgehead atoms. The number of aromatic nitrogens is 2. The third kappa shape index (κ3) is 4.03. The van der Waals surface area contributed by atoms with Crippen LogP contribution in [0.1, 0.15) is 22.7 Å². The largest absolute Gasteiger partial charge is 0.393 e. The number of nitro groups is 1. The molecule has 0 radical (unpaired) electrons. The summed E-state index contributed by atoms with van der Waals surface area (Å²) in [7, 11) is 0. The minimum absolute atomic E-state index is 0.00380. The van der Waals surface area contributed by atoms with Crippen LogP contribution >= 0.6 is 0 Å². The van der Waals surface area contributed by atoms with Crippen LogP contribution in [-0.4, -0.2) is 56.4 Å². The highest BCUT2D eigenvalue weighted by molar-refractivity contribution is 5.95. The fourth-order valence-electron chi connectivity index (χ4n) is 2.97. The number of alkyl halides is 2. The molecule has 27 heavy (non-hydrogen) atoms. The first-order chi connectivity index (χ1) is 12.9. The molecule has 1 amide bonds. The number of imidazole rings is 1. The molecule has 1 aliphatic heterocycles. The van der Waals surface area contributed by atoms with Crippen molar-refractivity contribution in [1.82, 2.24) is 19.4 Å². The molecule has 1 aromatic heterocycles. The highest BCUT2D eigenvalue weighted by Crippen LogP contribution is 2.23. The average Bonchev–Trinajstić information content (AvgIpc) is 3.10. The van der Waals surface area contributed by atoms with E-state index in [0.29, 0.717) is 26.2 Å². The predicted molar refractivity (Wildman–Crippen MR) is 92.2 cm³/mol. The Bertz CT molecular complexity index is 848. The molecule has 0 saturated carbocycles. The SMILES string of the molecule is Nc1ccc(C(=O)N2CCN(Cc3nccn3C(F)F)CC2)cc1[N+](=O)[O-]. The van der Waals surface area contributed by atoms with E-state index in [2.05, 4.69) is 4.98 Å². The summed E-state index contributed by atoms with van der Waals surface area (Å²) >= 11 is 0. The molecule has 2 heterocycles. The minimum Gasteiger partial charge on any atom is -0.393 e. The van der Waals surface area contributed by atoms with Gasteiger partial charge < -0.3 is 10.6 Å². The van der Waals surface area contributed by atoms with Gasteiger partial charge in [0.2, 0.25) is 0 Å². The van der Waals surface area contributed by atoms with Crippen molar-refractivity contribution in [3.05, 3.63) is 52.1 Å². The standard InChI is InChI=1S/C16H18F2N6O3/c17-16(18)23-4-3-20-14(23)10-21-5-7-22(8-6-21)15(25)11-1-2-12(19)13(9-11)24(26)27/h1-4,9,16H,5-8,10,19H2. The number of nitrogen functional groups attached to an aromatic ring is 1. The van der Waals surface area contributed by atoms with Crippen molar-refractivity contribution in [3.63, 3.8) is 0 Å². The van der Waals surface area contributed by atoms with Gasteiger partial charge in [-0.05, 0) is 12.1 Å². The third-order valence-electron chi connectivity index (χ3n) is 4.46. The Labute approximate surface area is 153 Å². The lowest BCUT2D eigenvalue weighted by Gasteiger charge is -2.34. The molecule has 144 valence electrons. The molecular weight excluding hydrogens is 362 g/mol. The maximum absolute atomic E-state index is 12.9. The van der Waals surface area contributed by atoms with E-state index >= 15 is 0 Å². The average molecular weight is 380 g/mol. The van der Waals surface area contributed by atoms with Gasteiger partial charge in [0.1, 0.15) is 11.5 Å². The maximum atomic E-state index is 12.9. The van der Waals surface area contributed by atoms with Gasteiger partial charge in [-0.2, -0.15) is 8.78 Å². The highest BCUT2D eigenvalue weighted by Gasteiger charge is 2.25. The first-order valence-electron chi connectivity index (χ1n) is 8.22. The van der Waals surface area contributed by atoms with Crippen LogP contribution in [0, 0.1) is 10.1 Å². The normalized spacial score (nSPS) is 15.3. The Morgan fingerprint density at radius 1 is 1.30 bits per heavy atom. The second kappa shape index (κ2) is 7.66. The van der Waals surface area contributed by atoms with E-state index in [-0.39, 0.29) is 35.2 Å². The van der Waals surface area contributed by atoms with E-state index in [1.165, 1.54) is 30.6 Å². The Balaban J connectivity index is 1.62. The number of halogens is 2. The maximum Gasteiger partial charge on any atom is 0.319 e. The fourth-order valence-corrected chi connectivity index (χ4v) is 2.97. The van der Waals surface area contributed by atoms with Gasteiger partial charge in [0.15, 0.2) is 0 Å². The van der Waals surface area contributed by atoms with Crippen molar-refractivity contribution in [3.8, 4) is 0 Å². The Morgan fingerprint density at radius 2 is 2.00 bits per heavy atom. The van der Waals surface area contributed by atoms with Crippen LogP contribution < -0.4 is 5.73 Å². The lowest BCUT2D eigenvalue weighted by Crippen LogP contribution is -2.48. The Morgan fingerprint density at radius 3 is 2.63 bits per heavy atom. The number of benzene rings is 1. The summed E-state index contributed by atoms with van der Waals surface area (Å²) in [5, 5.41) is 11.0. The summed E-state index contributed by atoms with van der Waals surface area (Å²) in [6.45, 7) is -0.657. The summed E-state index contributed by atoms with van der Waals surface area (Å²) in [4.78, 5) is 30.4. The first-order valence-corrected chi connectivity index (χ1v) is 8.22. The predicted octanol–water partition coefficient (Wildman–Crippen LogP) is 1.73. The first kappa shape index (κ1) is 18.7. The summed E-state index contributed by atoms with van der Waals surface area (Å²) in [5.74, 6) is -0.0641. The molecule has 0 unspecified atom stereocenters. The van der Waals surface area contributed by atoms with Gasteiger partial charge in [-0.3, -0.25) is 24.4 Å². The zero-order valence-electron chi connectivity index (χ0n) is 14.3. The van der Waals surface area contributed by atoms with Crippen LogP contribution in [0.25, 0.3) is 0 Å². The van der Waals surface area contributed by atoms with Crippen molar-refractivity contribution in [2.45, 2.75) is 13.1 Å². The molecule has 0 spiro atoms. The number of piperazine rings is 1. The van der Waals surface area contributed by atoms with E-state index in [0.717, 1.165) is 4.57 Å². The number of amides is 1. The van der Waals surface area contributed by atoms with Crippen LogP contribution in [0.5, 0.6) is 0 Å². The molecule has 9 nitrogen and oxygen atoms in total. The van der Waals surface area contributed by atoms with Crippen LogP contribution in [0.15, 0.2) is 30.6 Å². The summed E-state index contributed by atoms with van der Waals surface area (Å²) in [5.41, 5.74) is 5.43. The van der Waals surface area contributed by atoms with E-state index < -0.39 is 11.5 Å². The molecule has 1 saturated heterocycles. The number of nitrogens with zero attached hydrogens (tertiary/aromatic N) is 5. The molecule has 1 aromatic carbocycles. The summed E-state index contributed by atoms with van der Waals surface area (Å²) < 4.78 is 26.6. The van der Waals surface area contributed by atoms with Crippen molar-refractivity contribution in [2.24, 2.45) is 0 Å². The van der Waals surface area contributed by atoms with Crippen molar-refractivity contribution in [1.29, 1.82) is 0 Å². The second-order valence-corrected chi connectivity index (χ2v) is 6.13. The fraction of sp³-hybridized carbons (Fsp3) is 0.375. The Kier molecular flexibility index (Phi) is 5.31. The van der Waals surface area contributed by atoms with E-state index in [4.69, 9.17) is 5.73 Å². The second-order valence-electron chi connectivity index (χ2n) is 6.13. The van der Waals surface area contributed by atoms with Crippen LogP contribution in [0.3, 0.4) is 0 Å². The van der Waals surface area contributed by atoms with Crippen molar-refractivity contribution in [2.75, 3.05) is 31.9 Å². The molecule has 3 rings (SSSR count). The number of carbonyl (C=O) groups is 1. The molecule has 0 aliphatic carbocycles. The molecule has 2 N–H and O–H groups in total. The molecule has 11 heteroatoms. The third-order valence-corrected chi connectivity index (χ3v) is 4.46. The summed E-state index contributed by atoms with van der Waals surface area (Å²) in [6.07, 6.45) is 2.56. The van der Waals surface area contributed by atoms with Crippen LogP contribution in [0.2, 0.25) is 0 Å². The smallest absolute Gasteiger partial charge is 0.319 e. The van der Waals surface area contributed by atoms with Crippen LogP contribution in [0.4, 0.5) is 20.2 Å². The number of hydrogen-bond acceptors (Lipinski definition) is 6. The van der Waals surface area contributed by atoms with Gasteiger partial charge in [0.05, 0.1) is 11.5 Å². The number of anilines is 1. The van der Waals surface area contributed by atoms with E-state index in [1.54, 1.807) is 4.90 Å². The molecule has 1 fully saturated rings. The topological polar surface area (TPSA) is 111 Å². The highest BCUT2D eigenvalue weighted by atomic mass is 19.3. The number of nitro benzene ring substituents is 1. The van der Waals surface area contributed by atoms with E-state index in [1.807, 2.05) is 4.90 Å². The molecule has 1 aliphatic rings. The van der Waals surface area contributed by atoms with Gasteiger partial charge in [-0.1, -0.05) is 0 Å². The number of rotatable bonds is 5. The van der Waals surface area contributed by atoms with Gasteiger partial charge in [-0.15, -0.1) is 0 Å². The molecule has 2 aromatic rings. The zero-order chi connectivity index (χ0) is 19.6. The molecule has 0 atom stereocenters. The van der Waals surface area contributed by atoms with Gasteiger partial charge in [0, 0.05) is 50.2 Å². The number of hydrogen-bond donors (Lipinski definition) is 1. The quantitative estimate of drug-likeness (QED) is 0.480. The van der Waals surface area contributed by atoms with Gasteiger partial charge in [0.25, 0.3) is 11.6 Å². The van der Waals surface area contributed by atoms with Crippen molar-refractivity contribution >= 4 is 17.3 Å². The monoisotopic (exact) mass is 380 g/mol. The van der Waals surface area contributed by atoms with Gasteiger partial charge in [-0.25, -0.2) is 4.98 Å². The zero-order valence-corrected chi connectivity index (χ0v) is 14.3. The summed E-state index contributed by atoms with van der Waals surface area (Å²) in [6, 6.07) is 3.96. The van der Waals surface area contributed by atoms with Crippen LogP contribution in [-0.2, 0) is 6.54 Å². The lowest BCUT2D eigenvalue weighted by atomic mass is 10.1. The number of nitrogens with two attached hydrogens (primary N) is 1. The number of carbonyl (C=O) groups excluding carboxylic acids is 1. The molecular formula is C16H18F2N6O3. The van der Waals surface area contributed by atoms with Gasteiger partial charge >= 0.3 is 6.55 Å². The van der Waals surface area contributed by atoms with Crippen molar-refractivity contribution < 1.29 is 18.5 Å². The lowest BCUT2D eigenvalue weighted by molar-refractivity contribution is -0.383.